The molecule has 3 heteroatoms. The summed E-state index contributed by atoms with van der Waals surface area (Å²) in [6, 6.07) is 27.5. The number of carbonyl (C=O) groups is 1. The van der Waals surface area contributed by atoms with Crippen molar-refractivity contribution >= 4 is 16.7 Å². The van der Waals surface area contributed by atoms with Crippen LogP contribution in [0.15, 0.2) is 95.6 Å². The summed E-state index contributed by atoms with van der Waals surface area (Å²) < 4.78 is 5.56. The Balaban J connectivity index is 1.59. The van der Waals surface area contributed by atoms with Crippen LogP contribution < -0.4 is 5.32 Å². The molecular weight excluding hydrogens is 322 g/mol. The van der Waals surface area contributed by atoms with Gasteiger partial charge in [0.2, 0.25) is 5.91 Å². The molecule has 3 nitrogen and oxygen atoms in total. The van der Waals surface area contributed by atoms with Crippen molar-refractivity contribution in [3.05, 3.63) is 108 Å². The van der Waals surface area contributed by atoms with Gasteiger partial charge in [-0.2, -0.15) is 0 Å². The lowest BCUT2D eigenvalue weighted by Crippen LogP contribution is -2.30. The predicted molar refractivity (Wildman–Crippen MR) is 103 cm³/mol. The molecule has 0 saturated carbocycles. The van der Waals surface area contributed by atoms with Crippen LogP contribution in [0.3, 0.4) is 0 Å². The molecule has 1 aromatic heterocycles. The van der Waals surface area contributed by atoms with Crippen LogP contribution >= 0.6 is 0 Å². The highest BCUT2D eigenvalue weighted by Crippen LogP contribution is 2.23. The number of hydrogen-bond donors (Lipinski definition) is 1. The Morgan fingerprint density at radius 1 is 0.846 bits per heavy atom. The Kier molecular flexibility index (Phi) is 4.52. The first kappa shape index (κ1) is 16.2. The molecular formula is C23H19NO2. The molecule has 0 aliphatic rings. The average Bonchev–Trinajstić information content (AvgIpc) is 3.22. The number of carbonyl (C=O) groups excluding carboxylic acids is 1. The minimum atomic E-state index is -0.298. The molecule has 0 fully saturated rings. The second-order valence-corrected chi connectivity index (χ2v) is 6.24. The van der Waals surface area contributed by atoms with Crippen LogP contribution in [0.25, 0.3) is 10.8 Å². The lowest BCUT2D eigenvalue weighted by atomic mass is 10.0. The second kappa shape index (κ2) is 7.28. The van der Waals surface area contributed by atoms with E-state index in [9.17, 15) is 4.79 Å². The molecule has 1 N–H and O–H groups in total. The van der Waals surface area contributed by atoms with Gasteiger partial charge in [0, 0.05) is 0 Å². The van der Waals surface area contributed by atoms with E-state index in [0.29, 0.717) is 6.42 Å². The minimum Gasteiger partial charge on any atom is -0.467 e. The van der Waals surface area contributed by atoms with Crippen molar-refractivity contribution in [2.45, 2.75) is 12.5 Å². The Hall–Kier alpha value is -3.33. The van der Waals surface area contributed by atoms with Crippen molar-refractivity contribution in [1.82, 2.24) is 5.32 Å². The van der Waals surface area contributed by atoms with E-state index in [-0.39, 0.29) is 11.9 Å². The summed E-state index contributed by atoms with van der Waals surface area (Å²) in [6.07, 6.45) is 1.95. The molecule has 4 aromatic rings. The summed E-state index contributed by atoms with van der Waals surface area (Å²) in [4.78, 5) is 12.8. The predicted octanol–water partition coefficient (Wildman–Crippen LogP) is 4.88. The Morgan fingerprint density at radius 2 is 1.62 bits per heavy atom. The number of benzene rings is 3. The Bertz CT molecular complexity index is 1000. The van der Waals surface area contributed by atoms with Gasteiger partial charge in [0.15, 0.2) is 0 Å². The van der Waals surface area contributed by atoms with Gasteiger partial charge in [-0.1, -0.05) is 72.8 Å². The molecule has 0 aliphatic carbocycles. The van der Waals surface area contributed by atoms with Gasteiger partial charge in [-0.3, -0.25) is 4.79 Å². The van der Waals surface area contributed by atoms with Crippen LogP contribution in [-0.4, -0.2) is 5.91 Å². The van der Waals surface area contributed by atoms with Crippen LogP contribution in [-0.2, 0) is 11.2 Å². The Labute approximate surface area is 152 Å². The fourth-order valence-electron chi connectivity index (χ4n) is 3.25. The van der Waals surface area contributed by atoms with Crippen molar-refractivity contribution < 1.29 is 9.21 Å². The summed E-state index contributed by atoms with van der Waals surface area (Å²) in [5, 5.41) is 5.37. The maximum absolute atomic E-state index is 12.8. The number of amides is 1. The largest absolute Gasteiger partial charge is 0.467 e. The van der Waals surface area contributed by atoms with Gasteiger partial charge in [-0.15, -0.1) is 0 Å². The highest BCUT2D eigenvalue weighted by atomic mass is 16.3. The zero-order valence-corrected chi connectivity index (χ0v) is 14.3. The molecule has 0 bridgehead atoms. The molecule has 26 heavy (non-hydrogen) atoms. The van der Waals surface area contributed by atoms with E-state index in [1.807, 2.05) is 66.7 Å². The van der Waals surface area contributed by atoms with Crippen molar-refractivity contribution in [3.8, 4) is 0 Å². The minimum absolute atomic E-state index is 0.0355. The molecule has 1 atom stereocenters. The van der Waals surface area contributed by atoms with Crippen LogP contribution in [0.5, 0.6) is 0 Å². The van der Waals surface area contributed by atoms with Crippen LogP contribution in [0, 0.1) is 0 Å². The van der Waals surface area contributed by atoms with E-state index >= 15 is 0 Å². The maximum Gasteiger partial charge on any atom is 0.225 e. The van der Waals surface area contributed by atoms with E-state index in [2.05, 4.69) is 23.5 Å². The van der Waals surface area contributed by atoms with Gasteiger partial charge in [0.25, 0.3) is 0 Å². The average molecular weight is 341 g/mol. The molecule has 0 aliphatic heterocycles. The highest BCUT2D eigenvalue weighted by Gasteiger charge is 2.19. The lowest BCUT2D eigenvalue weighted by Gasteiger charge is -2.17. The molecule has 128 valence electrons. The standard InChI is InChI=1S/C23H19NO2/c25-22(16-19-12-6-11-17-8-4-5-13-20(17)19)24-23(21-14-7-15-26-21)18-9-2-1-3-10-18/h1-15,23H,16H2,(H,24,25)/t23-/m1/s1. The maximum atomic E-state index is 12.8. The quantitative estimate of drug-likeness (QED) is 0.562. The third-order valence-electron chi connectivity index (χ3n) is 4.50. The summed E-state index contributed by atoms with van der Waals surface area (Å²) in [7, 11) is 0. The van der Waals surface area contributed by atoms with Crippen molar-refractivity contribution in [1.29, 1.82) is 0 Å². The third kappa shape index (κ3) is 3.38. The lowest BCUT2D eigenvalue weighted by molar-refractivity contribution is -0.121. The van der Waals surface area contributed by atoms with Crippen LogP contribution in [0.1, 0.15) is 22.9 Å². The number of hydrogen-bond acceptors (Lipinski definition) is 2. The highest BCUT2D eigenvalue weighted by molar-refractivity contribution is 5.90. The van der Waals surface area contributed by atoms with Gasteiger partial charge in [-0.25, -0.2) is 0 Å². The second-order valence-electron chi connectivity index (χ2n) is 6.24. The first-order valence-corrected chi connectivity index (χ1v) is 8.65. The number of nitrogens with one attached hydrogen (secondary N) is 1. The van der Waals surface area contributed by atoms with E-state index in [0.717, 1.165) is 27.7 Å². The van der Waals surface area contributed by atoms with Crippen LogP contribution in [0.4, 0.5) is 0 Å². The Morgan fingerprint density at radius 3 is 2.42 bits per heavy atom. The van der Waals surface area contributed by atoms with Crippen molar-refractivity contribution in [2.75, 3.05) is 0 Å². The van der Waals surface area contributed by atoms with E-state index in [1.54, 1.807) is 6.26 Å². The fourth-order valence-corrected chi connectivity index (χ4v) is 3.25. The number of rotatable bonds is 5. The van der Waals surface area contributed by atoms with Crippen molar-refractivity contribution in [2.24, 2.45) is 0 Å². The fraction of sp³-hybridized carbons (Fsp3) is 0.0870. The first-order chi connectivity index (χ1) is 12.8. The number of furan rings is 1. The summed E-state index contributed by atoms with van der Waals surface area (Å²) in [5.74, 6) is 0.689. The normalized spacial score (nSPS) is 12.0. The molecule has 0 saturated heterocycles. The van der Waals surface area contributed by atoms with Crippen molar-refractivity contribution in [3.63, 3.8) is 0 Å². The molecule has 0 spiro atoms. The zero-order chi connectivity index (χ0) is 17.8. The topological polar surface area (TPSA) is 42.2 Å². The smallest absolute Gasteiger partial charge is 0.225 e. The number of fused-ring (bicyclic) bond motifs is 1. The van der Waals surface area contributed by atoms with E-state index in [4.69, 9.17) is 4.42 Å². The molecule has 1 amide bonds. The van der Waals surface area contributed by atoms with E-state index < -0.39 is 0 Å². The summed E-state index contributed by atoms with van der Waals surface area (Å²) in [6.45, 7) is 0. The summed E-state index contributed by atoms with van der Waals surface area (Å²) >= 11 is 0. The zero-order valence-electron chi connectivity index (χ0n) is 14.3. The van der Waals surface area contributed by atoms with Gasteiger partial charge < -0.3 is 9.73 Å². The summed E-state index contributed by atoms with van der Waals surface area (Å²) in [5.41, 5.74) is 2.01. The van der Waals surface area contributed by atoms with Gasteiger partial charge in [0.1, 0.15) is 11.8 Å². The van der Waals surface area contributed by atoms with Crippen LogP contribution in [0.2, 0.25) is 0 Å². The molecule has 4 rings (SSSR count). The van der Waals surface area contributed by atoms with Gasteiger partial charge in [-0.05, 0) is 34.0 Å². The van der Waals surface area contributed by atoms with Gasteiger partial charge >= 0.3 is 0 Å². The van der Waals surface area contributed by atoms with E-state index in [1.165, 1.54) is 0 Å². The monoisotopic (exact) mass is 341 g/mol. The first-order valence-electron chi connectivity index (χ1n) is 8.65. The molecule has 3 aromatic carbocycles. The van der Waals surface area contributed by atoms with Gasteiger partial charge in [0.05, 0.1) is 12.7 Å². The molecule has 0 unspecified atom stereocenters. The third-order valence-corrected chi connectivity index (χ3v) is 4.50. The molecule has 0 radical (unpaired) electrons. The SMILES string of the molecule is O=C(Cc1cccc2ccccc12)N[C@H](c1ccccc1)c1ccco1. The molecule has 1 heterocycles.